The molecule has 0 spiro atoms. The molecule has 3 nitrogen and oxygen atoms in total. The van der Waals surface area contributed by atoms with Crippen LogP contribution in [0.2, 0.25) is 0 Å². The van der Waals surface area contributed by atoms with E-state index in [1.807, 2.05) is 6.07 Å². The van der Waals surface area contributed by atoms with Gasteiger partial charge in [0.25, 0.3) is 0 Å². The summed E-state index contributed by atoms with van der Waals surface area (Å²) in [7, 11) is 0. The Balaban J connectivity index is 1.97. The minimum atomic E-state index is 0.254. The molecule has 0 amide bonds. The molecule has 0 atom stereocenters. The number of nitrogens with one attached hydrogen (secondary N) is 1. The van der Waals surface area contributed by atoms with E-state index in [2.05, 4.69) is 41.2 Å². The Labute approximate surface area is 122 Å². The van der Waals surface area contributed by atoms with Gasteiger partial charge in [-0.15, -0.1) is 0 Å². The molecular weight excluding hydrogens is 306 g/mol. The first-order valence-corrected chi connectivity index (χ1v) is 7.54. The lowest BCUT2D eigenvalue weighted by atomic mass is 10.0. The van der Waals surface area contributed by atoms with Gasteiger partial charge in [-0.05, 0) is 17.7 Å². The maximum Gasteiger partial charge on any atom is 0.138 e. The van der Waals surface area contributed by atoms with Gasteiger partial charge in [-0.3, -0.25) is 4.79 Å². The molecule has 0 bridgehead atoms. The van der Waals surface area contributed by atoms with Crippen molar-refractivity contribution in [2.24, 2.45) is 0 Å². The largest absolute Gasteiger partial charge is 0.493 e. The molecule has 104 valence electrons. The smallest absolute Gasteiger partial charge is 0.138 e. The number of halogens is 1. The monoisotopic (exact) mass is 325 g/mol. The van der Waals surface area contributed by atoms with E-state index in [0.717, 1.165) is 35.4 Å². The predicted molar refractivity (Wildman–Crippen MR) is 79.8 cm³/mol. The molecule has 1 aromatic carbocycles. The molecule has 0 fully saturated rings. The van der Waals surface area contributed by atoms with Gasteiger partial charge in [-0.1, -0.05) is 29.8 Å². The molecule has 0 aliphatic carbocycles. The van der Waals surface area contributed by atoms with Gasteiger partial charge in [-0.2, -0.15) is 0 Å². The Morgan fingerprint density at radius 1 is 1.47 bits per heavy atom. The lowest BCUT2D eigenvalue weighted by molar-refractivity contribution is -0.118. The zero-order valence-electron chi connectivity index (χ0n) is 11.5. The summed E-state index contributed by atoms with van der Waals surface area (Å²) in [6.07, 6.45) is 1.96. The summed E-state index contributed by atoms with van der Waals surface area (Å²) in [6, 6.07) is 4.50. The Morgan fingerprint density at radius 3 is 3.00 bits per heavy atom. The van der Waals surface area contributed by atoms with Crippen molar-refractivity contribution < 1.29 is 9.53 Å². The summed E-state index contributed by atoms with van der Waals surface area (Å²) < 4.78 is 6.67. The van der Waals surface area contributed by atoms with E-state index in [9.17, 15) is 4.79 Å². The van der Waals surface area contributed by atoms with Crippen LogP contribution in [-0.4, -0.2) is 25.0 Å². The van der Waals surface area contributed by atoms with Crippen molar-refractivity contribution in [2.45, 2.75) is 39.2 Å². The third-order valence-corrected chi connectivity index (χ3v) is 3.63. The highest BCUT2D eigenvalue weighted by Gasteiger charge is 2.19. The van der Waals surface area contributed by atoms with Crippen LogP contribution in [-0.2, 0) is 17.6 Å². The van der Waals surface area contributed by atoms with Gasteiger partial charge in [0.05, 0.1) is 6.61 Å². The van der Waals surface area contributed by atoms with Crippen molar-refractivity contribution in [3.8, 4) is 5.75 Å². The number of ether oxygens (including phenoxy) is 1. The van der Waals surface area contributed by atoms with Gasteiger partial charge in [0.1, 0.15) is 11.5 Å². The van der Waals surface area contributed by atoms with Gasteiger partial charge < -0.3 is 10.1 Å². The summed E-state index contributed by atoms with van der Waals surface area (Å²) in [5.74, 6) is 1.18. The molecule has 0 saturated carbocycles. The second-order valence-corrected chi connectivity index (χ2v) is 6.14. The van der Waals surface area contributed by atoms with Crippen molar-refractivity contribution in [3.63, 3.8) is 0 Å². The van der Waals surface area contributed by atoms with Crippen molar-refractivity contribution in [3.05, 3.63) is 27.7 Å². The SMILES string of the molecule is CC(C)NCCC(=O)Cc1cc(Br)cc2c1OCC2. The van der Waals surface area contributed by atoms with E-state index < -0.39 is 0 Å². The minimum absolute atomic E-state index is 0.254. The summed E-state index contributed by atoms with van der Waals surface area (Å²) in [6.45, 7) is 5.63. The second-order valence-electron chi connectivity index (χ2n) is 5.23. The summed E-state index contributed by atoms with van der Waals surface area (Å²) >= 11 is 3.50. The van der Waals surface area contributed by atoms with Crippen LogP contribution >= 0.6 is 15.9 Å². The first-order chi connectivity index (χ1) is 9.06. The highest BCUT2D eigenvalue weighted by Crippen LogP contribution is 2.33. The molecule has 1 aliphatic heterocycles. The van der Waals surface area contributed by atoms with E-state index in [1.54, 1.807) is 0 Å². The molecule has 0 aromatic heterocycles. The van der Waals surface area contributed by atoms with Crippen LogP contribution in [0.15, 0.2) is 16.6 Å². The van der Waals surface area contributed by atoms with Crippen LogP contribution in [0.5, 0.6) is 5.75 Å². The van der Waals surface area contributed by atoms with E-state index in [4.69, 9.17) is 4.74 Å². The van der Waals surface area contributed by atoms with Gasteiger partial charge in [0.2, 0.25) is 0 Å². The lowest BCUT2D eigenvalue weighted by Gasteiger charge is -2.10. The first-order valence-electron chi connectivity index (χ1n) is 6.75. The van der Waals surface area contributed by atoms with Crippen LogP contribution < -0.4 is 10.1 Å². The minimum Gasteiger partial charge on any atom is -0.493 e. The van der Waals surface area contributed by atoms with Crippen molar-refractivity contribution in [1.29, 1.82) is 0 Å². The normalized spacial score (nSPS) is 13.5. The number of hydrogen-bond acceptors (Lipinski definition) is 3. The first kappa shape index (κ1) is 14.5. The van der Waals surface area contributed by atoms with E-state index in [-0.39, 0.29) is 5.78 Å². The molecule has 1 aromatic rings. The Hall–Kier alpha value is -0.870. The Kier molecular flexibility index (Phi) is 4.99. The summed E-state index contributed by atoms with van der Waals surface area (Å²) in [4.78, 5) is 12.0. The van der Waals surface area contributed by atoms with E-state index >= 15 is 0 Å². The number of ketones is 1. The van der Waals surface area contributed by atoms with Gasteiger partial charge >= 0.3 is 0 Å². The number of benzene rings is 1. The van der Waals surface area contributed by atoms with Crippen LogP contribution in [0.25, 0.3) is 0 Å². The summed E-state index contributed by atoms with van der Waals surface area (Å²) in [5, 5.41) is 3.26. The average Bonchev–Trinajstić information content (AvgIpc) is 2.76. The second kappa shape index (κ2) is 6.53. The zero-order chi connectivity index (χ0) is 13.8. The molecule has 2 rings (SSSR count). The molecule has 19 heavy (non-hydrogen) atoms. The predicted octanol–water partition coefficient (Wildman–Crippen LogP) is 2.88. The fourth-order valence-corrected chi connectivity index (χ4v) is 2.83. The number of hydrogen-bond donors (Lipinski definition) is 1. The van der Waals surface area contributed by atoms with Crippen molar-refractivity contribution in [2.75, 3.05) is 13.2 Å². The van der Waals surface area contributed by atoms with Crippen molar-refractivity contribution in [1.82, 2.24) is 5.32 Å². The molecule has 0 radical (unpaired) electrons. The standard InChI is InChI=1S/C15H20BrNO2/c1-10(2)17-5-3-14(18)9-12-8-13(16)7-11-4-6-19-15(11)12/h7-8,10,17H,3-6,9H2,1-2H3. The van der Waals surface area contributed by atoms with E-state index in [1.165, 1.54) is 5.56 Å². The lowest BCUT2D eigenvalue weighted by Crippen LogP contribution is -2.25. The van der Waals surface area contributed by atoms with Gasteiger partial charge in [0, 0.05) is 41.9 Å². The quantitative estimate of drug-likeness (QED) is 0.874. The zero-order valence-corrected chi connectivity index (χ0v) is 13.0. The molecule has 1 heterocycles. The number of carbonyl (C=O) groups excluding carboxylic acids is 1. The van der Waals surface area contributed by atoms with Crippen LogP contribution in [0, 0.1) is 0 Å². The third kappa shape index (κ3) is 4.05. The van der Waals surface area contributed by atoms with Crippen LogP contribution in [0.3, 0.4) is 0 Å². The van der Waals surface area contributed by atoms with Gasteiger partial charge in [-0.25, -0.2) is 0 Å². The fourth-order valence-electron chi connectivity index (χ4n) is 2.28. The molecule has 0 unspecified atom stereocenters. The highest BCUT2D eigenvalue weighted by molar-refractivity contribution is 9.10. The van der Waals surface area contributed by atoms with Crippen LogP contribution in [0.1, 0.15) is 31.4 Å². The number of rotatable bonds is 6. The molecular formula is C15H20BrNO2. The Morgan fingerprint density at radius 2 is 2.26 bits per heavy atom. The number of carbonyl (C=O) groups is 1. The number of Topliss-reactive ketones (excluding diaryl/α,β-unsaturated/α-hetero) is 1. The van der Waals surface area contributed by atoms with Crippen LogP contribution in [0.4, 0.5) is 0 Å². The van der Waals surface area contributed by atoms with Crippen molar-refractivity contribution >= 4 is 21.7 Å². The van der Waals surface area contributed by atoms with E-state index in [0.29, 0.717) is 18.9 Å². The summed E-state index contributed by atoms with van der Waals surface area (Å²) in [5.41, 5.74) is 2.22. The maximum absolute atomic E-state index is 12.0. The average molecular weight is 326 g/mol. The number of fused-ring (bicyclic) bond motifs is 1. The molecule has 1 aliphatic rings. The molecule has 1 N–H and O–H groups in total. The topological polar surface area (TPSA) is 38.3 Å². The maximum atomic E-state index is 12.0. The fraction of sp³-hybridized carbons (Fsp3) is 0.533. The third-order valence-electron chi connectivity index (χ3n) is 3.17. The Bertz CT molecular complexity index is 471. The molecule has 0 saturated heterocycles. The van der Waals surface area contributed by atoms with Gasteiger partial charge in [0.15, 0.2) is 0 Å². The molecule has 4 heteroatoms. The highest BCUT2D eigenvalue weighted by atomic mass is 79.9.